The van der Waals surface area contributed by atoms with Crippen LogP contribution in [0, 0.1) is 6.92 Å². The molecule has 30 heavy (non-hydrogen) atoms. The lowest BCUT2D eigenvalue weighted by Crippen LogP contribution is -2.21. The summed E-state index contributed by atoms with van der Waals surface area (Å²) in [6.07, 6.45) is -5.42. The lowest BCUT2D eigenvalue weighted by atomic mass is 10.1. The molecule has 0 aromatic heterocycles. The molecule has 1 aliphatic heterocycles. The van der Waals surface area contributed by atoms with Crippen LogP contribution >= 0.6 is 0 Å². The predicted molar refractivity (Wildman–Crippen MR) is 105 cm³/mol. The third-order valence-electron chi connectivity index (χ3n) is 4.11. The Morgan fingerprint density at radius 3 is 1.57 bits per heavy atom. The number of halogens is 6. The van der Waals surface area contributed by atoms with Crippen LogP contribution in [0.3, 0.4) is 0 Å². The molecule has 0 bridgehead atoms. The Morgan fingerprint density at radius 2 is 1.30 bits per heavy atom. The quantitative estimate of drug-likeness (QED) is 0.535. The van der Waals surface area contributed by atoms with Crippen LogP contribution in [0.2, 0.25) is 0 Å². The van der Waals surface area contributed by atoms with Gasteiger partial charge in [0, 0.05) is 7.11 Å². The summed E-state index contributed by atoms with van der Waals surface area (Å²) in [5.41, 5.74) is -1.52. The number of ether oxygens (including phenoxy) is 1. The van der Waals surface area contributed by atoms with Crippen LogP contribution in [-0.2, 0) is 23.7 Å². The molecule has 1 heterocycles. The highest BCUT2D eigenvalue weighted by atomic mass is 19.4. The van der Waals surface area contributed by atoms with Crippen LogP contribution in [-0.4, -0.2) is 20.2 Å². The first-order chi connectivity index (χ1) is 14.0. The fourth-order valence-electron chi connectivity index (χ4n) is 2.61. The number of rotatable bonds is 2. The molecule has 8 heteroatoms. The summed E-state index contributed by atoms with van der Waals surface area (Å²) in [5.74, 6) is 0. The molecule has 0 unspecified atom stereocenters. The Hall–Kier alpha value is -2.06. The standard InChI is InChI=1S/C10H8F6O.C7H8.C5H11N/c1-17-5-6-2-7(9(11,12)13)4-8(3-6)10(14,15)16;1-7-5-3-2-4-6-7;1-2-4-6-5-3-1/h2-4H,5H2,1H3;2-6H,1H3;6H,1-5H2. The fourth-order valence-corrected chi connectivity index (χ4v) is 2.61. The third kappa shape index (κ3) is 10.6. The smallest absolute Gasteiger partial charge is 0.380 e. The van der Waals surface area contributed by atoms with E-state index in [4.69, 9.17) is 0 Å². The predicted octanol–water partition coefficient (Wildman–Crippen LogP) is 6.63. The largest absolute Gasteiger partial charge is 0.416 e. The van der Waals surface area contributed by atoms with Gasteiger partial charge in [-0.05, 0) is 56.6 Å². The number of hydrogen-bond acceptors (Lipinski definition) is 2. The van der Waals surface area contributed by atoms with Crippen molar-refractivity contribution in [3.8, 4) is 0 Å². The molecule has 2 nitrogen and oxygen atoms in total. The normalized spacial score (nSPS) is 14.1. The molecule has 0 amide bonds. The maximum Gasteiger partial charge on any atom is 0.416 e. The lowest BCUT2D eigenvalue weighted by Gasteiger charge is -2.13. The van der Waals surface area contributed by atoms with Crippen LogP contribution in [0.4, 0.5) is 26.3 Å². The highest BCUT2D eigenvalue weighted by Gasteiger charge is 2.36. The highest BCUT2D eigenvalue weighted by Crippen LogP contribution is 2.36. The number of alkyl halides is 6. The second-order valence-electron chi connectivity index (χ2n) is 6.81. The number of aryl methyl sites for hydroxylation is 1. The molecule has 2 aromatic carbocycles. The van der Waals surface area contributed by atoms with Crippen molar-refractivity contribution < 1.29 is 31.1 Å². The van der Waals surface area contributed by atoms with Gasteiger partial charge in [-0.3, -0.25) is 0 Å². The maximum absolute atomic E-state index is 12.4. The molecule has 1 N–H and O–H groups in total. The molecule has 1 fully saturated rings. The Bertz CT molecular complexity index is 681. The summed E-state index contributed by atoms with van der Waals surface area (Å²) in [5, 5.41) is 3.28. The summed E-state index contributed by atoms with van der Waals surface area (Å²) >= 11 is 0. The van der Waals surface area contributed by atoms with Gasteiger partial charge in [-0.25, -0.2) is 0 Å². The van der Waals surface area contributed by atoms with Crippen molar-refractivity contribution >= 4 is 0 Å². The van der Waals surface area contributed by atoms with Gasteiger partial charge in [0.2, 0.25) is 0 Å². The summed E-state index contributed by atoms with van der Waals surface area (Å²) in [4.78, 5) is 0. The minimum atomic E-state index is -4.82. The van der Waals surface area contributed by atoms with E-state index in [1.165, 1.54) is 45.0 Å². The zero-order chi connectivity index (χ0) is 22.6. The van der Waals surface area contributed by atoms with Gasteiger partial charge in [0.1, 0.15) is 0 Å². The van der Waals surface area contributed by atoms with Gasteiger partial charge in [0.15, 0.2) is 0 Å². The van der Waals surface area contributed by atoms with E-state index in [2.05, 4.69) is 29.1 Å². The van der Waals surface area contributed by atoms with Gasteiger partial charge >= 0.3 is 12.4 Å². The molecule has 1 aliphatic rings. The van der Waals surface area contributed by atoms with Crippen molar-refractivity contribution in [3.63, 3.8) is 0 Å². The molecule has 0 radical (unpaired) electrons. The van der Waals surface area contributed by atoms with E-state index < -0.39 is 23.5 Å². The minimum Gasteiger partial charge on any atom is -0.380 e. The summed E-state index contributed by atoms with van der Waals surface area (Å²) in [6, 6.07) is 11.6. The lowest BCUT2D eigenvalue weighted by molar-refractivity contribution is -0.143. The van der Waals surface area contributed by atoms with E-state index in [1.54, 1.807) is 0 Å². The van der Waals surface area contributed by atoms with Gasteiger partial charge in [-0.15, -0.1) is 0 Å². The topological polar surface area (TPSA) is 21.3 Å². The van der Waals surface area contributed by atoms with E-state index in [0.717, 1.165) is 0 Å². The summed E-state index contributed by atoms with van der Waals surface area (Å²) in [7, 11) is 1.19. The Morgan fingerprint density at radius 1 is 0.800 bits per heavy atom. The first kappa shape index (κ1) is 26.0. The molecule has 0 spiro atoms. The summed E-state index contributed by atoms with van der Waals surface area (Å²) < 4.78 is 78.7. The van der Waals surface area contributed by atoms with Gasteiger partial charge in [0.05, 0.1) is 17.7 Å². The fraction of sp³-hybridized carbons (Fsp3) is 0.455. The number of nitrogens with one attached hydrogen (secondary N) is 1. The Kier molecular flexibility index (Phi) is 10.9. The number of hydrogen-bond donors (Lipinski definition) is 1. The Balaban J connectivity index is 0.000000279. The van der Waals surface area contributed by atoms with Crippen LogP contribution in [0.25, 0.3) is 0 Å². The SMILES string of the molecule is C1CCNCC1.COCc1cc(C(F)(F)F)cc(C(F)(F)F)c1.Cc1ccccc1. The number of piperidine rings is 1. The van der Waals surface area contributed by atoms with Crippen LogP contribution in [0.15, 0.2) is 48.5 Å². The van der Waals surface area contributed by atoms with E-state index in [0.29, 0.717) is 12.1 Å². The molecule has 2 aromatic rings. The number of methoxy groups -OCH3 is 1. The molecule has 0 aliphatic carbocycles. The maximum atomic E-state index is 12.4. The second kappa shape index (κ2) is 12.6. The first-order valence-electron chi connectivity index (χ1n) is 9.53. The van der Waals surface area contributed by atoms with Crippen LogP contribution in [0.5, 0.6) is 0 Å². The second-order valence-corrected chi connectivity index (χ2v) is 6.81. The average molecular weight is 435 g/mol. The number of benzene rings is 2. The van der Waals surface area contributed by atoms with Crippen molar-refractivity contribution in [2.45, 2.75) is 45.1 Å². The molecular weight excluding hydrogens is 408 g/mol. The van der Waals surface area contributed by atoms with Crippen LogP contribution < -0.4 is 5.32 Å². The van der Waals surface area contributed by atoms with Crippen LogP contribution in [0.1, 0.15) is 41.5 Å². The average Bonchev–Trinajstić information content (AvgIpc) is 2.70. The van der Waals surface area contributed by atoms with E-state index >= 15 is 0 Å². The summed E-state index contributed by atoms with van der Waals surface area (Å²) in [6.45, 7) is 4.27. The van der Waals surface area contributed by atoms with E-state index in [1.807, 2.05) is 18.2 Å². The van der Waals surface area contributed by atoms with Crippen molar-refractivity contribution in [3.05, 3.63) is 70.8 Å². The molecule has 0 saturated carbocycles. The minimum absolute atomic E-state index is 0.0825. The van der Waals surface area contributed by atoms with Gasteiger partial charge in [-0.1, -0.05) is 42.3 Å². The van der Waals surface area contributed by atoms with Gasteiger partial charge in [0.25, 0.3) is 0 Å². The first-order valence-corrected chi connectivity index (χ1v) is 9.53. The molecule has 0 atom stereocenters. The molecule has 168 valence electrons. The monoisotopic (exact) mass is 435 g/mol. The van der Waals surface area contributed by atoms with Crippen molar-refractivity contribution in [2.75, 3.05) is 20.2 Å². The van der Waals surface area contributed by atoms with Gasteiger partial charge < -0.3 is 10.1 Å². The van der Waals surface area contributed by atoms with Crippen molar-refractivity contribution in [2.24, 2.45) is 0 Å². The highest BCUT2D eigenvalue weighted by molar-refractivity contribution is 5.33. The molecule has 1 saturated heterocycles. The van der Waals surface area contributed by atoms with E-state index in [-0.39, 0.29) is 18.2 Å². The zero-order valence-electron chi connectivity index (χ0n) is 17.0. The third-order valence-corrected chi connectivity index (χ3v) is 4.11. The molecule has 3 rings (SSSR count). The molecular formula is C22H27F6NO. The van der Waals surface area contributed by atoms with Crippen molar-refractivity contribution in [1.82, 2.24) is 5.32 Å². The van der Waals surface area contributed by atoms with Gasteiger partial charge in [-0.2, -0.15) is 26.3 Å². The zero-order valence-corrected chi connectivity index (χ0v) is 17.0. The Labute approximate surface area is 173 Å². The van der Waals surface area contributed by atoms with E-state index in [9.17, 15) is 26.3 Å². The van der Waals surface area contributed by atoms with Crippen molar-refractivity contribution in [1.29, 1.82) is 0 Å².